The van der Waals surface area contributed by atoms with Gasteiger partial charge in [0.15, 0.2) is 0 Å². The van der Waals surface area contributed by atoms with Gasteiger partial charge in [0.1, 0.15) is 0 Å². The summed E-state index contributed by atoms with van der Waals surface area (Å²) in [4.78, 5) is 12.8. The molecule has 4 bridgehead atoms. The van der Waals surface area contributed by atoms with Gasteiger partial charge in [0.2, 0.25) is 5.91 Å². The molecule has 0 aromatic carbocycles. The molecule has 4 fully saturated rings. The fourth-order valence-electron chi connectivity index (χ4n) is 6.01. The van der Waals surface area contributed by atoms with Gasteiger partial charge in [-0.1, -0.05) is 6.42 Å². The summed E-state index contributed by atoms with van der Waals surface area (Å²) in [6.07, 6.45) is 9.58. The Labute approximate surface area is 127 Å². The van der Waals surface area contributed by atoms with Crippen molar-refractivity contribution in [2.75, 3.05) is 0 Å². The van der Waals surface area contributed by atoms with Crippen molar-refractivity contribution < 1.29 is 4.79 Å². The Hall–Kier alpha value is -0.610. The second-order valence-corrected chi connectivity index (χ2v) is 8.15. The first-order valence-corrected chi connectivity index (χ1v) is 8.95. The first-order valence-electron chi connectivity index (χ1n) is 8.95. The van der Waals surface area contributed by atoms with Crippen molar-refractivity contribution in [3.63, 3.8) is 0 Å². The zero-order chi connectivity index (χ0) is 14.6. The summed E-state index contributed by atoms with van der Waals surface area (Å²) in [7, 11) is 0. The van der Waals surface area contributed by atoms with Crippen LogP contribution >= 0.6 is 0 Å². The van der Waals surface area contributed by atoms with Gasteiger partial charge in [-0.3, -0.25) is 4.79 Å². The van der Waals surface area contributed by atoms with Crippen LogP contribution in [0, 0.1) is 29.6 Å². The highest BCUT2D eigenvalue weighted by Gasteiger charge is 2.50. The molecule has 6 atom stereocenters. The van der Waals surface area contributed by atoms with E-state index >= 15 is 0 Å². The number of nitrogens with one attached hydrogen (secondary N) is 1. The van der Waals surface area contributed by atoms with Crippen LogP contribution in [-0.4, -0.2) is 24.0 Å². The van der Waals surface area contributed by atoms with Gasteiger partial charge < -0.3 is 16.8 Å². The molecule has 0 saturated heterocycles. The number of amides is 1. The van der Waals surface area contributed by atoms with Crippen LogP contribution in [0.2, 0.25) is 0 Å². The maximum absolute atomic E-state index is 12.8. The molecule has 4 nitrogen and oxygen atoms in total. The lowest BCUT2D eigenvalue weighted by Crippen LogP contribution is -2.56. The second-order valence-electron chi connectivity index (χ2n) is 8.15. The second kappa shape index (κ2) is 5.24. The van der Waals surface area contributed by atoms with E-state index < -0.39 is 0 Å². The zero-order valence-corrected chi connectivity index (χ0v) is 12.8. The lowest BCUT2D eigenvalue weighted by atomic mass is 9.66. The van der Waals surface area contributed by atoms with Gasteiger partial charge >= 0.3 is 0 Å². The van der Waals surface area contributed by atoms with Crippen LogP contribution in [-0.2, 0) is 4.79 Å². The van der Waals surface area contributed by atoms with Crippen LogP contribution in [0.4, 0.5) is 0 Å². The standard InChI is InChI=1S/C17H29N3O/c18-13-7-11-2-1-3-12(8-13)16(11)20-17(21)14-9-4-5-10(6-9)15(14)19/h9-16H,1-8,18-19H2,(H,20,21). The van der Waals surface area contributed by atoms with Gasteiger partial charge in [0.05, 0.1) is 5.92 Å². The molecule has 21 heavy (non-hydrogen) atoms. The summed E-state index contributed by atoms with van der Waals surface area (Å²) in [5, 5.41) is 3.42. The molecular formula is C17H29N3O. The van der Waals surface area contributed by atoms with E-state index in [9.17, 15) is 4.79 Å². The molecule has 4 heteroatoms. The van der Waals surface area contributed by atoms with E-state index in [1.807, 2.05) is 0 Å². The Morgan fingerprint density at radius 1 is 0.857 bits per heavy atom. The lowest BCUT2D eigenvalue weighted by Gasteiger charge is -2.46. The topological polar surface area (TPSA) is 81.1 Å². The summed E-state index contributed by atoms with van der Waals surface area (Å²) < 4.78 is 0. The Morgan fingerprint density at radius 3 is 2.14 bits per heavy atom. The third-order valence-electron chi connectivity index (χ3n) is 6.97. The smallest absolute Gasteiger partial charge is 0.225 e. The Kier molecular flexibility index (Phi) is 3.49. The number of carbonyl (C=O) groups is 1. The highest BCUT2D eigenvalue weighted by Crippen LogP contribution is 2.48. The molecule has 4 rings (SSSR count). The van der Waals surface area contributed by atoms with Crippen LogP contribution in [0.25, 0.3) is 0 Å². The van der Waals surface area contributed by atoms with Crippen LogP contribution in [0.15, 0.2) is 0 Å². The number of fused-ring (bicyclic) bond motifs is 4. The van der Waals surface area contributed by atoms with E-state index in [-0.39, 0.29) is 17.9 Å². The minimum atomic E-state index is 0.0834. The summed E-state index contributed by atoms with van der Waals surface area (Å²) in [5.74, 6) is 2.70. The first-order chi connectivity index (χ1) is 10.1. The minimum absolute atomic E-state index is 0.0834. The monoisotopic (exact) mass is 291 g/mol. The van der Waals surface area contributed by atoms with E-state index in [4.69, 9.17) is 11.5 Å². The number of carbonyl (C=O) groups excluding carboxylic acids is 1. The van der Waals surface area contributed by atoms with Crippen molar-refractivity contribution in [1.29, 1.82) is 0 Å². The molecule has 4 aliphatic rings. The predicted octanol–water partition coefficient (Wildman–Crippen LogP) is 1.38. The fraction of sp³-hybridized carbons (Fsp3) is 0.941. The molecule has 0 radical (unpaired) electrons. The van der Waals surface area contributed by atoms with Crippen LogP contribution in [0.3, 0.4) is 0 Å². The van der Waals surface area contributed by atoms with Crippen molar-refractivity contribution in [3.8, 4) is 0 Å². The average Bonchev–Trinajstić information content (AvgIpc) is 3.00. The van der Waals surface area contributed by atoms with E-state index in [0.717, 1.165) is 12.8 Å². The highest BCUT2D eigenvalue weighted by atomic mass is 16.2. The summed E-state index contributed by atoms with van der Waals surface area (Å²) >= 11 is 0. The van der Waals surface area contributed by atoms with Crippen LogP contribution in [0.1, 0.15) is 51.4 Å². The van der Waals surface area contributed by atoms with Crippen molar-refractivity contribution in [1.82, 2.24) is 5.32 Å². The molecule has 0 aromatic heterocycles. The molecule has 5 N–H and O–H groups in total. The molecule has 0 aliphatic heterocycles. The maximum Gasteiger partial charge on any atom is 0.225 e. The molecule has 0 aromatic rings. The lowest BCUT2D eigenvalue weighted by molar-refractivity contribution is -0.129. The number of rotatable bonds is 2. The third-order valence-corrected chi connectivity index (χ3v) is 6.97. The average molecular weight is 291 g/mol. The van der Waals surface area contributed by atoms with Crippen molar-refractivity contribution in [2.24, 2.45) is 41.1 Å². The highest BCUT2D eigenvalue weighted by molar-refractivity contribution is 5.80. The van der Waals surface area contributed by atoms with Gasteiger partial charge in [-0.25, -0.2) is 0 Å². The molecular weight excluding hydrogens is 262 g/mol. The van der Waals surface area contributed by atoms with Gasteiger partial charge in [0, 0.05) is 18.1 Å². The molecule has 4 aliphatic carbocycles. The van der Waals surface area contributed by atoms with Crippen LogP contribution < -0.4 is 16.8 Å². The van der Waals surface area contributed by atoms with Crippen LogP contribution in [0.5, 0.6) is 0 Å². The Balaban J connectivity index is 1.45. The number of hydrogen-bond donors (Lipinski definition) is 3. The summed E-state index contributed by atoms with van der Waals surface area (Å²) in [5.41, 5.74) is 12.5. The minimum Gasteiger partial charge on any atom is -0.353 e. The first kappa shape index (κ1) is 14.0. The van der Waals surface area contributed by atoms with Gasteiger partial charge in [-0.05, 0) is 68.6 Å². The van der Waals surface area contributed by atoms with Gasteiger partial charge in [-0.15, -0.1) is 0 Å². The molecule has 6 unspecified atom stereocenters. The molecule has 0 heterocycles. The van der Waals surface area contributed by atoms with E-state index in [0.29, 0.717) is 35.8 Å². The summed E-state index contributed by atoms with van der Waals surface area (Å²) in [6, 6.07) is 0.824. The zero-order valence-electron chi connectivity index (χ0n) is 12.8. The quantitative estimate of drug-likeness (QED) is 0.719. The number of nitrogens with two attached hydrogens (primary N) is 2. The molecule has 1 amide bonds. The summed E-state index contributed by atoms with van der Waals surface area (Å²) in [6.45, 7) is 0. The third kappa shape index (κ3) is 2.31. The van der Waals surface area contributed by atoms with Gasteiger partial charge in [-0.2, -0.15) is 0 Å². The molecule has 118 valence electrons. The largest absolute Gasteiger partial charge is 0.353 e. The normalized spacial score (nSPS) is 51.9. The molecule has 0 spiro atoms. The van der Waals surface area contributed by atoms with Crippen molar-refractivity contribution in [2.45, 2.75) is 69.5 Å². The van der Waals surface area contributed by atoms with Crippen molar-refractivity contribution >= 4 is 5.91 Å². The number of hydrogen-bond acceptors (Lipinski definition) is 3. The van der Waals surface area contributed by atoms with Crippen molar-refractivity contribution in [3.05, 3.63) is 0 Å². The fourth-order valence-corrected chi connectivity index (χ4v) is 6.01. The van der Waals surface area contributed by atoms with Gasteiger partial charge in [0.25, 0.3) is 0 Å². The SMILES string of the molecule is NC1CC2CCCC(C1)C2NC(=O)C1C2CCC(C2)C1N. The van der Waals surface area contributed by atoms with E-state index in [1.54, 1.807) is 0 Å². The predicted molar refractivity (Wildman–Crippen MR) is 82.3 cm³/mol. The Bertz CT molecular complexity index is 410. The van der Waals surface area contributed by atoms with E-state index in [1.165, 1.54) is 38.5 Å². The molecule has 4 saturated carbocycles. The van der Waals surface area contributed by atoms with E-state index in [2.05, 4.69) is 5.32 Å². The Morgan fingerprint density at radius 2 is 1.52 bits per heavy atom. The maximum atomic E-state index is 12.8.